The summed E-state index contributed by atoms with van der Waals surface area (Å²) >= 11 is 0. The predicted molar refractivity (Wildman–Crippen MR) is 122 cm³/mol. The van der Waals surface area contributed by atoms with Crippen molar-refractivity contribution in [2.45, 2.75) is 13.1 Å². The second-order valence-electron chi connectivity index (χ2n) is 7.33. The van der Waals surface area contributed by atoms with E-state index in [0.29, 0.717) is 17.2 Å². The minimum Gasteiger partial charge on any atom is -0.475 e. The van der Waals surface area contributed by atoms with Crippen molar-refractivity contribution in [2.75, 3.05) is 5.32 Å². The lowest BCUT2D eigenvalue weighted by Crippen LogP contribution is -2.21. The normalized spacial score (nSPS) is 10.8. The van der Waals surface area contributed by atoms with Gasteiger partial charge < -0.3 is 15.0 Å². The largest absolute Gasteiger partial charge is 0.490 e. The zero-order valence-corrected chi connectivity index (χ0v) is 18.6. The summed E-state index contributed by atoms with van der Waals surface area (Å²) in [5.41, 5.74) is 4.81. The van der Waals surface area contributed by atoms with Crippen LogP contribution in [0.5, 0.6) is 0 Å². The summed E-state index contributed by atoms with van der Waals surface area (Å²) in [5, 5.41) is 9.99. The first-order valence-corrected chi connectivity index (χ1v) is 10.1. The second kappa shape index (κ2) is 10.6. The number of aromatic nitrogens is 4. The van der Waals surface area contributed by atoms with Crippen LogP contribution in [0.4, 0.5) is 18.9 Å². The third-order valence-electron chi connectivity index (χ3n) is 4.67. The number of alkyl halides is 3. The van der Waals surface area contributed by atoms with Gasteiger partial charge in [-0.2, -0.15) is 13.2 Å². The Morgan fingerprint density at radius 3 is 2.09 bits per heavy atom. The van der Waals surface area contributed by atoms with E-state index in [1.807, 2.05) is 68.7 Å². The molecule has 1 amide bonds. The van der Waals surface area contributed by atoms with Crippen LogP contribution in [0.15, 0.2) is 73.3 Å². The SMILES string of the molecule is Cc1ccc(NC(=O)c2cc(-c3cnc(-c4ccccc4)nc3)cn2C)cn1.O=C(O)C(F)(F)F. The van der Waals surface area contributed by atoms with Gasteiger partial charge in [-0.1, -0.05) is 30.3 Å². The molecule has 0 saturated carbocycles. The smallest absolute Gasteiger partial charge is 0.475 e. The van der Waals surface area contributed by atoms with Crippen LogP contribution in [0.2, 0.25) is 0 Å². The number of carbonyl (C=O) groups is 2. The first-order chi connectivity index (χ1) is 16.5. The van der Waals surface area contributed by atoms with Gasteiger partial charge in [0.1, 0.15) is 5.69 Å². The lowest BCUT2D eigenvalue weighted by atomic mass is 10.1. The third-order valence-corrected chi connectivity index (χ3v) is 4.67. The molecule has 3 heterocycles. The third kappa shape index (κ3) is 6.73. The van der Waals surface area contributed by atoms with E-state index < -0.39 is 12.1 Å². The lowest BCUT2D eigenvalue weighted by molar-refractivity contribution is -0.192. The number of nitrogens with zero attached hydrogens (tertiary/aromatic N) is 4. The van der Waals surface area contributed by atoms with E-state index >= 15 is 0 Å². The van der Waals surface area contributed by atoms with E-state index in [-0.39, 0.29) is 5.91 Å². The van der Waals surface area contributed by atoms with Crippen molar-refractivity contribution in [3.05, 3.63) is 84.7 Å². The molecule has 0 fully saturated rings. The van der Waals surface area contributed by atoms with Gasteiger partial charge in [0.05, 0.1) is 11.9 Å². The fourth-order valence-electron chi connectivity index (χ4n) is 2.90. The van der Waals surface area contributed by atoms with E-state index in [2.05, 4.69) is 20.3 Å². The molecule has 1 aromatic carbocycles. The van der Waals surface area contributed by atoms with Gasteiger partial charge in [-0.15, -0.1) is 0 Å². The van der Waals surface area contributed by atoms with Gasteiger partial charge in [0, 0.05) is 48.0 Å². The zero-order valence-electron chi connectivity index (χ0n) is 18.6. The Kier molecular flexibility index (Phi) is 7.59. The average Bonchev–Trinajstić information content (AvgIpc) is 3.23. The van der Waals surface area contributed by atoms with Crippen LogP contribution < -0.4 is 5.32 Å². The molecule has 0 saturated heterocycles. The number of amides is 1. The Morgan fingerprint density at radius 1 is 0.914 bits per heavy atom. The Morgan fingerprint density at radius 2 is 1.54 bits per heavy atom. The fourth-order valence-corrected chi connectivity index (χ4v) is 2.90. The van der Waals surface area contributed by atoms with Crippen molar-refractivity contribution in [3.63, 3.8) is 0 Å². The number of carboxylic acids is 1. The molecular formula is C24H20F3N5O3. The molecule has 0 unspecified atom stereocenters. The highest BCUT2D eigenvalue weighted by atomic mass is 19.4. The van der Waals surface area contributed by atoms with Gasteiger partial charge in [-0.05, 0) is 25.1 Å². The zero-order chi connectivity index (χ0) is 25.6. The topological polar surface area (TPSA) is 110 Å². The van der Waals surface area contributed by atoms with Gasteiger partial charge in [-0.25, -0.2) is 14.8 Å². The molecule has 4 aromatic rings. The number of pyridine rings is 1. The molecule has 0 bridgehead atoms. The molecule has 0 aliphatic rings. The molecular weight excluding hydrogens is 463 g/mol. The average molecular weight is 483 g/mol. The Hall–Kier alpha value is -4.54. The molecule has 8 nitrogen and oxygen atoms in total. The van der Waals surface area contributed by atoms with Crippen LogP contribution in [0, 0.1) is 6.92 Å². The number of aryl methyl sites for hydroxylation is 2. The summed E-state index contributed by atoms with van der Waals surface area (Å²) in [4.78, 5) is 34.6. The van der Waals surface area contributed by atoms with Crippen LogP contribution >= 0.6 is 0 Å². The molecule has 4 rings (SSSR count). The van der Waals surface area contributed by atoms with Crippen LogP contribution in [0.1, 0.15) is 16.2 Å². The van der Waals surface area contributed by atoms with Crippen molar-refractivity contribution in [2.24, 2.45) is 7.05 Å². The Balaban J connectivity index is 0.000000429. The number of rotatable bonds is 4. The number of carbonyl (C=O) groups excluding carboxylic acids is 1. The number of hydrogen-bond donors (Lipinski definition) is 2. The molecule has 0 aliphatic heterocycles. The standard InChI is InChI=1S/C22H19N5O.C2HF3O2/c1-15-8-9-19(13-23-15)26-22(28)20-10-17(14-27(20)2)18-11-24-21(25-12-18)16-6-4-3-5-7-16;3-2(4,5)1(6)7/h3-14H,1-2H3,(H,26,28);(H,6,7). The van der Waals surface area contributed by atoms with Crippen LogP contribution in [0.3, 0.4) is 0 Å². The lowest BCUT2D eigenvalue weighted by Gasteiger charge is -2.05. The van der Waals surface area contributed by atoms with Gasteiger partial charge in [0.15, 0.2) is 5.82 Å². The molecule has 2 N–H and O–H groups in total. The van der Waals surface area contributed by atoms with Crippen molar-refractivity contribution in [1.29, 1.82) is 0 Å². The number of aliphatic carboxylic acids is 1. The predicted octanol–water partition coefficient (Wildman–Crippen LogP) is 4.74. The fraction of sp³-hybridized carbons (Fsp3) is 0.125. The summed E-state index contributed by atoms with van der Waals surface area (Å²) in [7, 11) is 1.84. The monoisotopic (exact) mass is 483 g/mol. The number of halogens is 3. The minimum atomic E-state index is -5.08. The highest BCUT2D eigenvalue weighted by Crippen LogP contribution is 2.23. The Labute approximate surface area is 198 Å². The molecule has 3 aromatic heterocycles. The molecule has 0 aliphatic carbocycles. The summed E-state index contributed by atoms with van der Waals surface area (Å²) in [6.07, 6.45) is 2.00. The number of carboxylic acid groups (broad SMARTS) is 1. The minimum absolute atomic E-state index is 0.193. The first-order valence-electron chi connectivity index (χ1n) is 10.1. The summed E-state index contributed by atoms with van der Waals surface area (Å²) in [5.74, 6) is -2.28. The van der Waals surface area contributed by atoms with Gasteiger partial charge in [-0.3, -0.25) is 9.78 Å². The maximum atomic E-state index is 12.6. The number of anilines is 1. The van der Waals surface area contributed by atoms with Crippen molar-refractivity contribution >= 4 is 17.6 Å². The quantitative estimate of drug-likeness (QED) is 0.434. The molecule has 11 heteroatoms. The molecule has 0 radical (unpaired) electrons. The van der Waals surface area contributed by atoms with Crippen LogP contribution in [0.25, 0.3) is 22.5 Å². The summed E-state index contributed by atoms with van der Waals surface area (Å²) < 4.78 is 33.5. The van der Waals surface area contributed by atoms with E-state index in [0.717, 1.165) is 22.4 Å². The molecule has 35 heavy (non-hydrogen) atoms. The highest BCUT2D eigenvalue weighted by Gasteiger charge is 2.38. The van der Waals surface area contributed by atoms with Crippen molar-refractivity contribution in [3.8, 4) is 22.5 Å². The second-order valence-corrected chi connectivity index (χ2v) is 7.33. The van der Waals surface area contributed by atoms with Gasteiger partial charge >= 0.3 is 12.1 Å². The molecule has 0 atom stereocenters. The molecule has 0 spiro atoms. The molecule has 180 valence electrons. The van der Waals surface area contributed by atoms with E-state index in [1.54, 1.807) is 23.2 Å². The first kappa shape index (κ1) is 25.1. The van der Waals surface area contributed by atoms with Gasteiger partial charge in [0.2, 0.25) is 0 Å². The Bertz CT molecular complexity index is 1300. The maximum absolute atomic E-state index is 12.6. The van der Waals surface area contributed by atoms with E-state index in [4.69, 9.17) is 9.90 Å². The van der Waals surface area contributed by atoms with Crippen molar-refractivity contribution in [1.82, 2.24) is 19.5 Å². The van der Waals surface area contributed by atoms with E-state index in [9.17, 15) is 18.0 Å². The highest BCUT2D eigenvalue weighted by molar-refractivity contribution is 6.04. The summed E-state index contributed by atoms with van der Waals surface area (Å²) in [6.45, 7) is 1.90. The van der Waals surface area contributed by atoms with Crippen LogP contribution in [-0.2, 0) is 11.8 Å². The number of nitrogens with one attached hydrogen (secondary N) is 1. The maximum Gasteiger partial charge on any atom is 0.490 e. The van der Waals surface area contributed by atoms with Crippen molar-refractivity contribution < 1.29 is 27.9 Å². The number of hydrogen-bond acceptors (Lipinski definition) is 5. The van der Waals surface area contributed by atoms with Crippen LogP contribution in [-0.4, -0.2) is 42.7 Å². The van der Waals surface area contributed by atoms with E-state index in [1.165, 1.54) is 0 Å². The van der Waals surface area contributed by atoms with Gasteiger partial charge in [0.25, 0.3) is 5.91 Å². The summed E-state index contributed by atoms with van der Waals surface area (Å²) in [6, 6.07) is 15.3. The number of benzene rings is 1.